The van der Waals surface area contributed by atoms with Crippen LogP contribution in [0.3, 0.4) is 0 Å². The maximum Gasteiger partial charge on any atom is 0.0980 e. The maximum absolute atomic E-state index is 9.13. The summed E-state index contributed by atoms with van der Waals surface area (Å²) in [4.78, 5) is 6.67. The van der Waals surface area contributed by atoms with Gasteiger partial charge in [-0.2, -0.15) is 0 Å². The van der Waals surface area contributed by atoms with Crippen molar-refractivity contribution >= 4 is 5.69 Å². The predicted octanol–water partition coefficient (Wildman–Crippen LogP) is 0.559. The lowest BCUT2D eigenvalue weighted by Crippen LogP contribution is -2.44. The number of hydrogen-bond acceptors (Lipinski definition) is 5. The molecule has 1 aromatic heterocycles. The molecule has 1 aromatic rings. The monoisotopic (exact) mass is 251 g/mol. The number of hydrogen-bond donors (Lipinski definition) is 2. The summed E-state index contributed by atoms with van der Waals surface area (Å²) in [6, 6.07) is 4.38. The summed E-state index contributed by atoms with van der Waals surface area (Å²) in [6.45, 7) is 4.37. The smallest absolute Gasteiger partial charge is 0.0980 e. The Morgan fingerprint density at radius 3 is 3.06 bits per heavy atom. The first kappa shape index (κ1) is 13.3. The van der Waals surface area contributed by atoms with E-state index < -0.39 is 0 Å². The molecular weight excluding hydrogens is 230 g/mol. The summed E-state index contributed by atoms with van der Waals surface area (Å²) in [6.07, 6.45) is 1.80. The van der Waals surface area contributed by atoms with Gasteiger partial charge in [-0.3, -0.25) is 4.98 Å². The van der Waals surface area contributed by atoms with Gasteiger partial charge >= 0.3 is 0 Å². The van der Waals surface area contributed by atoms with Crippen molar-refractivity contribution in [1.29, 1.82) is 0 Å². The molecule has 1 saturated heterocycles. The van der Waals surface area contributed by atoms with E-state index in [1.54, 1.807) is 0 Å². The largest absolute Gasteiger partial charge is 0.394 e. The second-order valence-electron chi connectivity index (χ2n) is 4.57. The van der Waals surface area contributed by atoms with Crippen LogP contribution in [0.1, 0.15) is 18.7 Å². The zero-order chi connectivity index (χ0) is 13.0. The van der Waals surface area contributed by atoms with Gasteiger partial charge in [-0.05, 0) is 26.1 Å². The van der Waals surface area contributed by atoms with E-state index >= 15 is 0 Å². The Hall–Kier alpha value is -1.17. The molecule has 0 amide bonds. The van der Waals surface area contributed by atoms with Crippen LogP contribution in [0.25, 0.3) is 0 Å². The Morgan fingerprint density at radius 1 is 1.61 bits per heavy atom. The van der Waals surface area contributed by atoms with Crippen LogP contribution in [-0.4, -0.2) is 49.5 Å². The molecule has 0 aliphatic carbocycles. The number of nitrogens with zero attached hydrogens (tertiary/aromatic N) is 2. The molecule has 0 spiro atoms. The normalized spacial score (nSPS) is 21.9. The van der Waals surface area contributed by atoms with Crippen molar-refractivity contribution in [3.05, 3.63) is 24.0 Å². The second-order valence-corrected chi connectivity index (χ2v) is 4.57. The summed E-state index contributed by atoms with van der Waals surface area (Å²) in [5, 5.41) is 12.3. The summed E-state index contributed by atoms with van der Waals surface area (Å²) < 4.78 is 5.44. The van der Waals surface area contributed by atoms with Gasteiger partial charge < -0.3 is 20.1 Å². The molecule has 5 nitrogen and oxygen atoms in total. The number of anilines is 1. The highest BCUT2D eigenvalue weighted by atomic mass is 16.5. The molecule has 2 rings (SSSR count). The van der Waals surface area contributed by atoms with Gasteiger partial charge in [0.2, 0.25) is 0 Å². The zero-order valence-electron chi connectivity index (χ0n) is 11.0. The molecule has 0 saturated carbocycles. The molecule has 2 N–H and O–H groups in total. The number of morpholine rings is 1. The Labute approximate surface area is 108 Å². The summed E-state index contributed by atoms with van der Waals surface area (Å²) in [5.74, 6) is 0. The number of pyridine rings is 1. The van der Waals surface area contributed by atoms with E-state index in [1.807, 2.05) is 19.3 Å². The van der Waals surface area contributed by atoms with E-state index in [0.29, 0.717) is 6.61 Å². The van der Waals surface area contributed by atoms with Crippen LogP contribution in [0.5, 0.6) is 0 Å². The Kier molecular flexibility index (Phi) is 4.52. The fraction of sp³-hybridized carbons (Fsp3) is 0.615. The average molecular weight is 251 g/mol. The Balaban J connectivity index is 2.04. The second kappa shape index (κ2) is 6.13. The van der Waals surface area contributed by atoms with Crippen molar-refractivity contribution in [1.82, 2.24) is 10.3 Å². The van der Waals surface area contributed by atoms with Gasteiger partial charge in [-0.25, -0.2) is 0 Å². The van der Waals surface area contributed by atoms with Crippen molar-refractivity contribution in [2.24, 2.45) is 0 Å². The highest BCUT2D eigenvalue weighted by Gasteiger charge is 2.20. The van der Waals surface area contributed by atoms with E-state index in [0.717, 1.165) is 24.5 Å². The van der Waals surface area contributed by atoms with E-state index in [9.17, 15) is 0 Å². The first-order chi connectivity index (χ1) is 8.74. The van der Waals surface area contributed by atoms with Gasteiger partial charge in [-0.15, -0.1) is 0 Å². The summed E-state index contributed by atoms with van der Waals surface area (Å²) >= 11 is 0. The molecule has 18 heavy (non-hydrogen) atoms. The van der Waals surface area contributed by atoms with Crippen LogP contribution in [0.15, 0.2) is 18.3 Å². The van der Waals surface area contributed by atoms with Crippen molar-refractivity contribution in [2.75, 3.05) is 38.3 Å². The topological polar surface area (TPSA) is 57.6 Å². The third-order valence-corrected chi connectivity index (χ3v) is 3.35. The molecule has 2 atom stereocenters. The number of aliphatic hydroxyl groups is 1. The number of nitrogens with one attached hydrogen (secondary N) is 1. The third kappa shape index (κ3) is 2.98. The molecule has 5 heteroatoms. The maximum atomic E-state index is 9.13. The lowest BCUT2D eigenvalue weighted by atomic mass is 10.2. The van der Waals surface area contributed by atoms with Crippen molar-refractivity contribution in [2.45, 2.75) is 19.1 Å². The SMILES string of the molecule is CNC(C)c1ccc(N2CCOC(CO)C2)cn1. The summed E-state index contributed by atoms with van der Waals surface area (Å²) in [5.41, 5.74) is 2.12. The molecule has 0 aromatic carbocycles. The quantitative estimate of drug-likeness (QED) is 0.819. The molecule has 0 radical (unpaired) electrons. The fourth-order valence-electron chi connectivity index (χ4n) is 2.05. The first-order valence-corrected chi connectivity index (χ1v) is 6.35. The van der Waals surface area contributed by atoms with Crippen LogP contribution in [0.2, 0.25) is 0 Å². The lowest BCUT2D eigenvalue weighted by Gasteiger charge is -2.33. The highest BCUT2D eigenvalue weighted by Crippen LogP contribution is 2.18. The van der Waals surface area contributed by atoms with Gasteiger partial charge in [0.25, 0.3) is 0 Å². The minimum atomic E-state index is -0.0883. The lowest BCUT2D eigenvalue weighted by molar-refractivity contribution is 0.00355. The molecule has 100 valence electrons. The minimum Gasteiger partial charge on any atom is -0.394 e. The van der Waals surface area contributed by atoms with Crippen LogP contribution < -0.4 is 10.2 Å². The van der Waals surface area contributed by atoms with Gasteiger partial charge in [0, 0.05) is 19.1 Å². The molecule has 1 aliphatic rings. The van der Waals surface area contributed by atoms with E-state index in [-0.39, 0.29) is 18.8 Å². The Bertz CT molecular complexity index is 369. The van der Waals surface area contributed by atoms with Crippen molar-refractivity contribution < 1.29 is 9.84 Å². The van der Waals surface area contributed by atoms with Crippen LogP contribution in [0, 0.1) is 0 Å². The molecule has 2 heterocycles. The Morgan fingerprint density at radius 2 is 2.44 bits per heavy atom. The van der Waals surface area contributed by atoms with Crippen LogP contribution in [0.4, 0.5) is 5.69 Å². The van der Waals surface area contributed by atoms with Crippen LogP contribution >= 0.6 is 0 Å². The first-order valence-electron chi connectivity index (χ1n) is 6.35. The van der Waals surface area contributed by atoms with Gasteiger partial charge in [-0.1, -0.05) is 0 Å². The van der Waals surface area contributed by atoms with E-state index in [2.05, 4.69) is 28.2 Å². The van der Waals surface area contributed by atoms with Crippen molar-refractivity contribution in [3.8, 4) is 0 Å². The molecular formula is C13H21N3O2. The average Bonchev–Trinajstić information content (AvgIpc) is 2.46. The van der Waals surface area contributed by atoms with Gasteiger partial charge in [0.1, 0.15) is 0 Å². The van der Waals surface area contributed by atoms with Crippen molar-refractivity contribution in [3.63, 3.8) is 0 Å². The molecule has 1 aliphatic heterocycles. The molecule has 2 unspecified atom stereocenters. The number of ether oxygens (including phenoxy) is 1. The zero-order valence-corrected chi connectivity index (χ0v) is 11.0. The molecule has 1 fully saturated rings. The van der Waals surface area contributed by atoms with E-state index in [4.69, 9.17) is 9.84 Å². The standard InChI is InChI=1S/C13H21N3O2/c1-10(14-2)13-4-3-11(7-15-13)16-5-6-18-12(8-16)9-17/h3-4,7,10,12,14,17H,5-6,8-9H2,1-2H3. The predicted molar refractivity (Wildman–Crippen MR) is 70.8 cm³/mol. The summed E-state index contributed by atoms with van der Waals surface area (Å²) in [7, 11) is 1.92. The molecule has 0 bridgehead atoms. The van der Waals surface area contributed by atoms with Crippen LogP contribution in [-0.2, 0) is 4.74 Å². The third-order valence-electron chi connectivity index (χ3n) is 3.35. The minimum absolute atomic E-state index is 0.0683. The number of aromatic nitrogens is 1. The van der Waals surface area contributed by atoms with E-state index in [1.165, 1.54) is 0 Å². The number of aliphatic hydroxyl groups excluding tert-OH is 1. The van der Waals surface area contributed by atoms with Gasteiger partial charge in [0.05, 0.1) is 36.9 Å². The number of rotatable bonds is 4. The highest BCUT2D eigenvalue weighted by molar-refractivity contribution is 5.45. The van der Waals surface area contributed by atoms with Gasteiger partial charge in [0.15, 0.2) is 0 Å². The fourth-order valence-corrected chi connectivity index (χ4v) is 2.05.